The van der Waals surface area contributed by atoms with Crippen LogP contribution >= 0.6 is 11.8 Å². The molecule has 2 amide bonds. The van der Waals surface area contributed by atoms with E-state index in [0.29, 0.717) is 17.1 Å². The van der Waals surface area contributed by atoms with Crippen LogP contribution in [0.3, 0.4) is 0 Å². The lowest BCUT2D eigenvalue weighted by atomic mass is 10.0. The highest BCUT2D eigenvalue weighted by Gasteiger charge is 2.54. The van der Waals surface area contributed by atoms with Crippen molar-refractivity contribution in [1.82, 2.24) is 10.2 Å². The van der Waals surface area contributed by atoms with Crippen molar-refractivity contribution >= 4 is 35.5 Å². The van der Waals surface area contributed by atoms with Crippen LogP contribution in [0.1, 0.15) is 21.9 Å². The van der Waals surface area contributed by atoms with Crippen molar-refractivity contribution in [2.75, 3.05) is 5.75 Å². The van der Waals surface area contributed by atoms with Crippen LogP contribution in [0, 0.1) is 0 Å². The summed E-state index contributed by atoms with van der Waals surface area (Å²) in [7, 11) is 0. The molecule has 1 aromatic carbocycles. The minimum absolute atomic E-state index is 0.0729. The second-order valence-corrected chi connectivity index (χ2v) is 8.23. The molecule has 160 valence electrons. The number of carboxylic acid groups (broad SMARTS) is 2. The zero-order chi connectivity index (χ0) is 22.1. The van der Waals surface area contributed by atoms with Crippen molar-refractivity contribution < 1.29 is 33.8 Å². The fourth-order valence-electron chi connectivity index (χ4n) is 3.62. The summed E-state index contributed by atoms with van der Waals surface area (Å²) in [6.07, 6.45) is 0.197. The van der Waals surface area contributed by atoms with E-state index < -0.39 is 29.3 Å². The summed E-state index contributed by atoms with van der Waals surface area (Å²) in [5.41, 5.74) is 1.12. The van der Waals surface area contributed by atoms with Gasteiger partial charge in [0, 0.05) is 12.2 Å². The van der Waals surface area contributed by atoms with Crippen LogP contribution in [0.5, 0.6) is 0 Å². The summed E-state index contributed by atoms with van der Waals surface area (Å²) in [6.45, 7) is 0. The van der Waals surface area contributed by atoms with Crippen LogP contribution in [0.15, 0.2) is 58.2 Å². The summed E-state index contributed by atoms with van der Waals surface area (Å²) < 4.78 is 5.22. The van der Waals surface area contributed by atoms with Gasteiger partial charge in [-0.05, 0) is 23.3 Å². The Morgan fingerprint density at radius 3 is 2.48 bits per heavy atom. The number of aliphatic carboxylic acids is 1. The van der Waals surface area contributed by atoms with Gasteiger partial charge in [-0.1, -0.05) is 30.3 Å². The van der Waals surface area contributed by atoms with Gasteiger partial charge in [-0.25, -0.2) is 9.59 Å². The van der Waals surface area contributed by atoms with Crippen molar-refractivity contribution in [2.45, 2.75) is 24.3 Å². The maximum Gasteiger partial charge on any atom is 0.371 e. The second kappa shape index (κ2) is 8.31. The molecule has 1 fully saturated rings. The third kappa shape index (κ3) is 4.06. The van der Waals surface area contributed by atoms with Gasteiger partial charge in [-0.2, -0.15) is 0 Å². The molecule has 2 aliphatic rings. The van der Waals surface area contributed by atoms with E-state index in [1.165, 1.54) is 28.8 Å². The lowest BCUT2D eigenvalue weighted by molar-refractivity contribution is -0.150. The Hall–Kier alpha value is -3.53. The second-order valence-electron chi connectivity index (χ2n) is 7.12. The van der Waals surface area contributed by atoms with Crippen LogP contribution in [0.4, 0.5) is 0 Å². The number of thioether (sulfide) groups is 1. The highest BCUT2D eigenvalue weighted by molar-refractivity contribution is 8.00. The summed E-state index contributed by atoms with van der Waals surface area (Å²) in [5, 5.41) is 20.9. The van der Waals surface area contributed by atoms with E-state index in [0.717, 1.165) is 5.56 Å². The first-order valence-corrected chi connectivity index (χ1v) is 10.5. The molecule has 31 heavy (non-hydrogen) atoms. The topological polar surface area (TPSA) is 137 Å². The number of carboxylic acids is 2. The van der Waals surface area contributed by atoms with E-state index in [-0.39, 0.29) is 30.2 Å². The Kier molecular flexibility index (Phi) is 5.55. The van der Waals surface area contributed by atoms with E-state index in [2.05, 4.69) is 5.32 Å². The zero-order valence-corrected chi connectivity index (χ0v) is 16.9. The van der Waals surface area contributed by atoms with Crippen molar-refractivity contribution in [3.63, 3.8) is 0 Å². The Bertz CT molecular complexity index is 1090. The molecule has 0 bridgehead atoms. The van der Waals surface area contributed by atoms with Gasteiger partial charge in [-0.3, -0.25) is 14.5 Å². The smallest absolute Gasteiger partial charge is 0.371 e. The lowest BCUT2D eigenvalue weighted by Crippen LogP contribution is -2.70. The molecular formula is C21H18N2O7S. The number of furan rings is 1. The quantitative estimate of drug-likeness (QED) is 0.549. The highest BCUT2D eigenvalue weighted by atomic mass is 32.2. The summed E-state index contributed by atoms with van der Waals surface area (Å²) in [4.78, 5) is 49.1. The lowest BCUT2D eigenvalue weighted by Gasteiger charge is -2.49. The maximum atomic E-state index is 12.7. The monoisotopic (exact) mass is 442 g/mol. The number of β-lactam (4-membered cyclic amide) rings is 1. The normalized spacial score (nSPS) is 20.1. The van der Waals surface area contributed by atoms with Crippen LogP contribution in [-0.2, 0) is 27.2 Å². The average Bonchev–Trinajstić information content (AvgIpc) is 3.21. The molecule has 0 unspecified atom stereocenters. The van der Waals surface area contributed by atoms with Gasteiger partial charge < -0.3 is 19.9 Å². The first-order valence-electron chi connectivity index (χ1n) is 9.40. The predicted molar refractivity (Wildman–Crippen MR) is 109 cm³/mol. The number of benzene rings is 1. The fraction of sp³-hybridized carbons (Fsp3) is 0.238. The van der Waals surface area contributed by atoms with Gasteiger partial charge in [0.1, 0.15) is 22.9 Å². The van der Waals surface area contributed by atoms with Crippen LogP contribution in [-0.4, -0.2) is 56.0 Å². The number of rotatable bonds is 7. The van der Waals surface area contributed by atoms with Gasteiger partial charge in [0.15, 0.2) is 0 Å². The standard InChI is InChI=1S/C21H18N2O7S/c24-15(8-11-4-2-1-3-5-11)22-16-18(25)23-17(21(28)29)12(10-31-19(16)23)9-13-6-7-14(30-13)20(26)27/h1-7,16,19H,8-10H2,(H,22,24)(H,26,27)(H,28,29)/t16-,19-/m1/s1. The summed E-state index contributed by atoms with van der Waals surface area (Å²) in [5.74, 6) is -2.91. The molecule has 0 saturated carbocycles. The first kappa shape index (κ1) is 20.7. The van der Waals surface area contributed by atoms with E-state index in [9.17, 15) is 24.3 Å². The van der Waals surface area contributed by atoms with Gasteiger partial charge in [-0.15, -0.1) is 11.8 Å². The third-order valence-corrected chi connectivity index (χ3v) is 6.37. The van der Waals surface area contributed by atoms with Crippen molar-refractivity contribution in [1.29, 1.82) is 0 Å². The van der Waals surface area contributed by atoms with Crippen LogP contribution in [0.25, 0.3) is 0 Å². The molecule has 0 radical (unpaired) electrons. The highest BCUT2D eigenvalue weighted by Crippen LogP contribution is 2.41. The molecule has 9 nitrogen and oxygen atoms in total. The number of amides is 2. The van der Waals surface area contributed by atoms with Crippen molar-refractivity contribution in [3.8, 4) is 0 Å². The Labute approximate surface area is 180 Å². The fourth-order valence-corrected chi connectivity index (χ4v) is 4.97. The van der Waals surface area contributed by atoms with Gasteiger partial charge in [0.2, 0.25) is 11.7 Å². The molecule has 0 aliphatic carbocycles. The van der Waals surface area contributed by atoms with Gasteiger partial charge in [0.05, 0.1) is 6.42 Å². The number of hydrogen-bond acceptors (Lipinski definition) is 6. The van der Waals surface area contributed by atoms with E-state index in [1.54, 1.807) is 0 Å². The minimum atomic E-state index is -1.26. The van der Waals surface area contributed by atoms with Crippen molar-refractivity contribution in [2.24, 2.45) is 0 Å². The maximum absolute atomic E-state index is 12.7. The number of nitrogens with one attached hydrogen (secondary N) is 1. The molecule has 3 N–H and O–H groups in total. The number of aromatic carboxylic acids is 1. The molecule has 2 atom stereocenters. The molecule has 0 spiro atoms. The number of hydrogen-bond donors (Lipinski definition) is 3. The molecular weight excluding hydrogens is 424 g/mol. The number of fused-ring (bicyclic) bond motifs is 1. The predicted octanol–water partition coefficient (Wildman–Crippen LogP) is 1.50. The summed E-state index contributed by atoms with van der Waals surface area (Å²) in [6, 6.07) is 11.1. The molecule has 1 saturated heterocycles. The van der Waals surface area contributed by atoms with Crippen molar-refractivity contribution in [3.05, 3.63) is 70.8 Å². The van der Waals surface area contributed by atoms with Crippen LogP contribution < -0.4 is 5.32 Å². The Morgan fingerprint density at radius 2 is 1.84 bits per heavy atom. The zero-order valence-electron chi connectivity index (χ0n) is 16.1. The largest absolute Gasteiger partial charge is 0.477 e. The molecule has 2 aliphatic heterocycles. The van der Waals surface area contributed by atoms with Gasteiger partial charge in [0.25, 0.3) is 5.91 Å². The van der Waals surface area contributed by atoms with E-state index in [4.69, 9.17) is 9.52 Å². The van der Waals surface area contributed by atoms with Crippen LogP contribution in [0.2, 0.25) is 0 Å². The molecule has 3 heterocycles. The van der Waals surface area contributed by atoms with E-state index in [1.807, 2.05) is 30.3 Å². The number of nitrogens with zero attached hydrogens (tertiary/aromatic N) is 1. The molecule has 2 aromatic rings. The van der Waals surface area contributed by atoms with E-state index >= 15 is 0 Å². The Morgan fingerprint density at radius 1 is 1.10 bits per heavy atom. The molecule has 10 heteroatoms. The number of carbonyl (C=O) groups excluding carboxylic acids is 2. The number of carbonyl (C=O) groups is 4. The van der Waals surface area contributed by atoms with Gasteiger partial charge >= 0.3 is 11.9 Å². The minimum Gasteiger partial charge on any atom is -0.477 e. The Balaban J connectivity index is 1.48. The molecule has 4 rings (SSSR count). The molecule has 1 aromatic heterocycles. The summed E-state index contributed by atoms with van der Waals surface area (Å²) >= 11 is 1.35. The SMILES string of the molecule is O=C(Cc1ccccc1)N[C@@H]1C(=O)N2C(C(=O)O)=C(Cc3ccc(C(=O)O)o3)CS[C@H]12. The third-order valence-electron chi connectivity index (χ3n) is 5.03. The average molecular weight is 442 g/mol. The first-order chi connectivity index (χ1) is 14.8.